The Morgan fingerprint density at radius 3 is 2.62 bits per heavy atom. The van der Waals surface area contributed by atoms with E-state index < -0.39 is 0 Å². The van der Waals surface area contributed by atoms with Crippen molar-refractivity contribution in [2.45, 2.75) is 26.8 Å². The second-order valence-electron chi connectivity index (χ2n) is 6.66. The van der Waals surface area contributed by atoms with Crippen molar-refractivity contribution in [1.29, 1.82) is 0 Å². The molecule has 2 aromatic rings. The molecule has 24 heavy (non-hydrogen) atoms. The maximum absolute atomic E-state index is 9.45. The van der Waals surface area contributed by atoms with Gasteiger partial charge in [-0.3, -0.25) is 4.90 Å². The second kappa shape index (κ2) is 9.40. The first-order valence-electron chi connectivity index (χ1n) is 8.63. The molecule has 130 valence electrons. The van der Waals surface area contributed by atoms with Crippen molar-refractivity contribution in [3.05, 3.63) is 60.2 Å². The Bertz CT molecular complexity index is 631. The first-order chi connectivity index (χ1) is 11.6. The van der Waals surface area contributed by atoms with E-state index in [1.54, 1.807) is 0 Å². The minimum Gasteiger partial charge on any atom is -0.395 e. The van der Waals surface area contributed by atoms with Crippen molar-refractivity contribution in [3.63, 3.8) is 0 Å². The van der Waals surface area contributed by atoms with E-state index in [9.17, 15) is 5.11 Å². The van der Waals surface area contributed by atoms with Crippen LogP contribution in [0.4, 0.5) is 0 Å². The number of aryl methyl sites for hydroxylation is 1. The zero-order valence-corrected chi connectivity index (χ0v) is 15.0. The van der Waals surface area contributed by atoms with Gasteiger partial charge in [-0.25, -0.2) is 4.98 Å². The number of aliphatic hydroxyl groups excluding tert-OH is 1. The van der Waals surface area contributed by atoms with Gasteiger partial charge in [0.05, 0.1) is 18.6 Å². The third-order valence-electron chi connectivity index (χ3n) is 4.09. The largest absolute Gasteiger partial charge is 0.395 e. The van der Waals surface area contributed by atoms with Crippen LogP contribution in [-0.4, -0.2) is 39.3 Å². The molecule has 0 fully saturated rings. The fourth-order valence-electron chi connectivity index (χ4n) is 2.67. The standard InChI is InChI=1S/C20H29N3O/c1-17(2)9-10-19(18-7-5-4-6-8-18)14-23(11-12-24)15-20-13-21-16-22(20)3/h4-8,10,13,16-17,24H,9,11-12,14-15H2,1-3H3. The van der Waals surface area contributed by atoms with Gasteiger partial charge in [-0.2, -0.15) is 0 Å². The van der Waals surface area contributed by atoms with Crippen molar-refractivity contribution in [3.8, 4) is 0 Å². The molecule has 0 aliphatic rings. The van der Waals surface area contributed by atoms with Crippen LogP contribution in [0.25, 0.3) is 5.57 Å². The van der Waals surface area contributed by atoms with Crippen molar-refractivity contribution in [2.24, 2.45) is 13.0 Å². The van der Waals surface area contributed by atoms with Crippen LogP contribution >= 0.6 is 0 Å². The molecule has 4 heteroatoms. The monoisotopic (exact) mass is 327 g/mol. The van der Waals surface area contributed by atoms with Crippen LogP contribution in [0, 0.1) is 5.92 Å². The number of nitrogens with zero attached hydrogens (tertiary/aromatic N) is 3. The minimum absolute atomic E-state index is 0.157. The lowest BCUT2D eigenvalue weighted by atomic mass is 10.0. The lowest BCUT2D eigenvalue weighted by Gasteiger charge is -2.23. The van der Waals surface area contributed by atoms with E-state index in [-0.39, 0.29) is 6.61 Å². The number of hydrogen-bond donors (Lipinski definition) is 1. The lowest BCUT2D eigenvalue weighted by molar-refractivity contribution is 0.203. The quantitative estimate of drug-likeness (QED) is 0.768. The van der Waals surface area contributed by atoms with E-state index in [0.29, 0.717) is 12.5 Å². The number of benzene rings is 1. The summed E-state index contributed by atoms with van der Waals surface area (Å²) in [7, 11) is 2.01. The first kappa shape index (κ1) is 18.4. The Hall–Kier alpha value is -1.91. The highest BCUT2D eigenvalue weighted by atomic mass is 16.3. The summed E-state index contributed by atoms with van der Waals surface area (Å²) in [6.07, 6.45) is 7.11. The molecule has 4 nitrogen and oxygen atoms in total. The highest BCUT2D eigenvalue weighted by Gasteiger charge is 2.12. The minimum atomic E-state index is 0.157. The number of rotatable bonds is 9. The van der Waals surface area contributed by atoms with Gasteiger partial charge in [-0.1, -0.05) is 50.3 Å². The van der Waals surface area contributed by atoms with Crippen molar-refractivity contribution >= 4 is 5.57 Å². The summed E-state index contributed by atoms with van der Waals surface area (Å²) >= 11 is 0. The summed E-state index contributed by atoms with van der Waals surface area (Å²) in [6, 6.07) is 10.5. The number of hydrogen-bond acceptors (Lipinski definition) is 3. The van der Waals surface area contributed by atoms with E-state index in [2.05, 4.69) is 54.1 Å². The van der Waals surface area contributed by atoms with Gasteiger partial charge in [0.15, 0.2) is 0 Å². The third-order valence-corrected chi connectivity index (χ3v) is 4.09. The smallest absolute Gasteiger partial charge is 0.0945 e. The van der Waals surface area contributed by atoms with Gasteiger partial charge in [0.2, 0.25) is 0 Å². The summed E-state index contributed by atoms with van der Waals surface area (Å²) in [6.45, 7) is 6.88. The summed E-state index contributed by atoms with van der Waals surface area (Å²) in [5, 5.41) is 9.45. The maximum atomic E-state index is 9.45. The van der Waals surface area contributed by atoms with E-state index in [1.165, 1.54) is 11.1 Å². The van der Waals surface area contributed by atoms with Gasteiger partial charge in [0, 0.05) is 32.9 Å². The van der Waals surface area contributed by atoms with Gasteiger partial charge < -0.3 is 9.67 Å². The van der Waals surface area contributed by atoms with E-state index in [1.807, 2.05) is 30.2 Å². The van der Waals surface area contributed by atoms with Crippen LogP contribution in [0.5, 0.6) is 0 Å². The van der Waals surface area contributed by atoms with Gasteiger partial charge in [0.25, 0.3) is 0 Å². The number of aliphatic hydroxyl groups is 1. The fraction of sp³-hybridized carbons (Fsp3) is 0.450. The summed E-state index contributed by atoms with van der Waals surface area (Å²) < 4.78 is 2.03. The zero-order chi connectivity index (χ0) is 17.4. The number of aromatic nitrogens is 2. The van der Waals surface area contributed by atoms with Gasteiger partial charge in [-0.05, 0) is 23.5 Å². The van der Waals surface area contributed by atoms with Gasteiger partial charge >= 0.3 is 0 Å². The molecule has 0 saturated heterocycles. The van der Waals surface area contributed by atoms with Crippen LogP contribution in [0.1, 0.15) is 31.5 Å². The molecule has 1 heterocycles. The average Bonchev–Trinajstić information content (AvgIpc) is 2.97. The molecule has 1 aromatic heterocycles. The molecule has 0 aliphatic carbocycles. The molecule has 1 N–H and O–H groups in total. The van der Waals surface area contributed by atoms with Gasteiger partial charge in [-0.15, -0.1) is 0 Å². The molecule has 0 amide bonds. The second-order valence-corrected chi connectivity index (χ2v) is 6.66. The van der Waals surface area contributed by atoms with Crippen LogP contribution < -0.4 is 0 Å². The van der Waals surface area contributed by atoms with E-state index >= 15 is 0 Å². The topological polar surface area (TPSA) is 41.3 Å². The highest BCUT2D eigenvalue weighted by molar-refractivity contribution is 5.66. The zero-order valence-electron chi connectivity index (χ0n) is 15.0. The number of imidazole rings is 1. The van der Waals surface area contributed by atoms with Gasteiger partial charge in [0.1, 0.15) is 0 Å². The lowest BCUT2D eigenvalue weighted by Crippen LogP contribution is -2.29. The van der Waals surface area contributed by atoms with E-state index in [4.69, 9.17) is 0 Å². The van der Waals surface area contributed by atoms with Crippen molar-refractivity contribution < 1.29 is 5.11 Å². The Morgan fingerprint density at radius 1 is 1.29 bits per heavy atom. The molecule has 0 bridgehead atoms. The molecular weight excluding hydrogens is 298 g/mol. The maximum Gasteiger partial charge on any atom is 0.0945 e. The fourth-order valence-corrected chi connectivity index (χ4v) is 2.67. The van der Waals surface area contributed by atoms with Crippen molar-refractivity contribution in [1.82, 2.24) is 14.5 Å². The number of allylic oxidation sites excluding steroid dienone is 1. The molecule has 0 spiro atoms. The van der Waals surface area contributed by atoms with Crippen LogP contribution in [0.2, 0.25) is 0 Å². The molecule has 0 aliphatic heterocycles. The normalized spacial score (nSPS) is 12.3. The van der Waals surface area contributed by atoms with E-state index in [0.717, 1.165) is 25.2 Å². The molecule has 0 unspecified atom stereocenters. The Morgan fingerprint density at radius 2 is 2.04 bits per heavy atom. The first-order valence-corrected chi connectivity index (χ1v) is 8.63. The predicted octanol–water partition coefficient (Wildman–Crippen LogP) is 3.34. The molecule has 0 radical (unpaired) electrons. The third kappa shape index (κ3) is 5.62. The molecule has 0 atom stereocenters. The van der Waals surface area contributed by atoms with Crippen LogP contribution in [-0.2, 0) is 13.6 Å². The summed E-state index contributed by atoms with van der Waals surface area (Å²) in [4.78, 5) is 6.46. The Kier molecular flexibility index (Phi) is 7.22. The average molecular weight is 327 g/mol. The summed E-state index contributed by atoms with van der Waals surface area (Å²) in [5.74, 6) is 0.632. The highest BCUT2D eigenvalue weighted by Crippen LogP contribution is 2.19. The van der Waals surface area contributed by atoms with Crippen LogP contribution in [0.15, 0.2) is 48.9 Å². The molecular formula is C20H29N3O. The molecule has 2 rings (SSSR count). The van der Waals surface area contributed by atoms with Crippen LogP contribution in [0.3, 0.4) is 0 Å². The predicted molar refractivity (Wildman–Crippen MR) is 99.4 cm³/mol. The Balaban J connectivity index is 2.17. The SMILES string of the molecule is CC(C)CC=C(CN(CCO)Cc1cncn1C)c1ccccc1. The van der Waals surface area contributed by atoms with Crippen molar-refractivity contribution in [2.75, 3.05) is 19.7 Å². The molecule has 0 saturated carbocycles. The molecule has 1 aromatic carbocycles. The summed E-state index contributed by atoms with van der Waals surface area (Å²) in [5.41, 5.74) is 3.73. The Labute approximate surface area is 145 Å².